The van der Waals surface area contributed by atoms with Gasteiger partial charge in [-0.1, -0.05) is 55.8 Å². The van der Waals surface area contributed by atoms with E-state index in [9.17, 15) is 4.79 Å². The summed E-state index contributed by atoms with van der Waals surface area (Å²) in [5.74, 6) is -0.140. The first kappa shape index (κ1) is 14.5. The highest BCUT2D eigenvalue weighted by Gasteiger charge is 2.21. The molecule has 0 bridgehead atoms. The second-order valence-corrected chi connectivity index (χ2v) is 5.69. The molecule has 0 spiro atoms. The minimum Gasteiger partial charge on any atom is -0.351 e. The van der Waals surface area contributed by atoms with Crippen LogP contribution in [0.1, 0.15) is 29.8 Å². The molecule has 0 radical (unpaired) electrons. The molecule has 3 nitrogen and oxygen atoms in total. The highest BCUT2D eigenvalue weighted by atomic mass is 35.5. The number of carbonyl (C=O) groups excluding carboxylic acids is 1. The van der Waals surface area contributed by atoms with Gasteiger partial charge in [-0.3, -0.25) is 4.79 Å². The maximum Gasteiger partial charge on any atom is 0.251 e. The van der Waals surface area contributed by atoms with Crippen molar-refractivity contribution >= 4 is 17.5 Å². The third kappa shape index (κ3) is 3.58. The first-order valence-electron chi connectivity index (χ1n) is 6.44. The fourth-order valence-electron chi connectivity index (χ4n) is 1.94. The molecule has 0 aliphatic heterocycles. The van der Waals surface area contributed by atoms with Crippen molar-refractivity contribution in [2.75, 3.05) is 6.54 Å². The number of rotatable bonds is 4. The zero-order valence-electron chi connectivity index (χ0n) is 11.6. The van der Waals surface area contributed by atoms with Crippen LogP contribution in [0.2, 0.25) is 5.15 Å². The van der Waals surface area contributed by atoms with Gasteiger partial charge in [0.1, 0.15) is 5.15 Å². The number of amides is 1. The molecule has 0 fully saturated rings. The number of benzene rings is 1. The van der Waals surface area contributed by atoms with Crippen molar-refractivity contribution in [3.8, 4) is 0 Å². The Morgan fingerprint density at radius 1 is 1.25 bits per heavy atom. The van der Waals surface area contributed by atoms with E-state index in [1.54, 1.807) is 12.1 Å². The molecule has 1 aromatic carbocycles. The van der Waals surface area contributed by atoms with Crippen LogP contribution in [0.3, 0.4) is 0 Å². The van der Waals surface area contributed by atoms with E-state index >= 15 is 0 Å². The van der Waals surface area contributed by atoms with Gasteiger partial charge in [0.2, 0.25) is 0 Å². The van der Waals surface area contributed by atoms with Gasteiger partial charge in [0, 0.05) is 23.7 Å². The Balaban J connectivity index is 2.03. The molecule has 0 aliphatic carbocycles. The lowest BCUT2D eigenvalue weighted by Crippen LogP contribution is -2.36. The zero-order valence-corrected chi connectivity index (χ0v) is 12.3. The molecular formula is C16H17ClN2O. The second-order valence-electron chi connectivity index (χ2n) is 5.30. The summed E-state index contributed by atoms with van der Waals surface area (Å²) in [4.78, 5) is 15.9. The van der Waals surface area contributed by atoms with E-state index in [1.807, 2.05) is 18.2 Å². The Bertz CT molecular complexity index is 596. The average Bonchev–Trinajstić information content (AvgIpc) is 2.46. The first-order valence-corrected chi connectivity index (χ1v) is 6.82. The fraction of sp³-hybridized carbons (Fsp3) is 0.250. The molecule has 0 saturated carbocycles. The van der Waals surface area contributed by atoms with E-state index in [0.717, 1.165) is 0 Å². The number of hydrogen-bond acceptors (Lipinski definition) is 2. The summed E-state index contributed by atoms with van der Waals surface area (Å²) in [6.07, 6.45) is 1.53. The average molecular weight is 289 g/mol. The summed E-state index contributed by atoms with van der Waals surface area (Å²) in [5, 5.41) is 3.26. The number of halogens is 1. The van der Waals surface area contributed by atoms with Gasteiger partial charge >= 0.3 is 0 Å². The summed E-state index contributed by atoms with van der Waals surface area (Å²) in [6.45, 7) is 4.75. The van der Waals surface area contributed by atoms with Crippen molar-refractivity contribution in [2.45, 2.75) is 19.3 Å². The molecule has 0 aliphatic rings. The molecule has 2 rings (SSSR count). The monoisotopic (exact) mass is 288 g/mol. The summed E-state index contributed by atoms with van der Waals surface area (Å²) in [5.41, 5.74) is 1.58. The molecule has 1 N–H and O–H groups in total. The number of nitrogens with zero attached hydrogens (tertiary/aromatic N) is 1. The standard InChI is InChI=1S/C16H17ClN2O/c1-16(2,13-6-4-3-5-7-13)11-19-15(20)12-8-9-18-14(17)10-12/h3-10H,11H2,1-2H3,(H,19,20). The largest absolute Gasteiger partial charge is 0.351 e. The van der Waals surface area contributed by atoms with Gasteiger partial charge in [-0.2, -0.15) is 0 Å². The second kappa shape index (κ2) is 6.06. The molecule has 2 aromatic rings. The lowest BCUT2D eigenvalue weighted by molar-refractivity contribution is 0.0945. The molecular weight excluding hydrogens is 272 g/mol. The molecule has 104 valence electrons. The van der Waals surface area contributed by atoms with Crippen LogP contribution in [0, 0.1) is 0 Å². The van der Waals surface area contributed by atoms with Crippen molar-refractivity contribution in [1.29, 1.82) is 0 Å². The maximum absolute atomic E-state index is 12.1. The maximum atomic E-state index is 12.1. The van der Waals surface area contributed by atoms with Gasteiger partial charge in [-0.15, -0.1) is 0 Å². The van der Waals surface area contributed by atoms with Gasteiger partial charge < -0.3 is 5.32 Å². The van der Waals surface area contributed by atoms with Crippen LogP contribution in [-0.4, -0.2) is 17.4 Å². The third-order valence-corrected chi connectivity index (χ3v) is 3.44. The van der Waals surface area contributed by atoms with E-state index in [-0.39, 0.29) is 11.3 Å². The van der Waals surface area contributed by atoms with E-state index in [4.69, 9.17) is 11.6 Å². The third-order valence-electron chi connectivity index (χ3n) is 3.23. The highest BCUT2D eigenvalue weighted by molar-refractivity contribution is 6.29. The molecule has 1 amide bonds. The van der Waals surface area contributed by atoms with Crippen LogP contribution in [-0.2, 0) is 5.41 Å². The van der Waals surface area contributed by atoms with E-state index in [0.29, 0.717) is 17.3 Å². The Kier molecular flexibility index (Phi) is 4.40. The molecule has 0 saturated heterocycles. The Hall–Kier alpha value is -1.87. The van der Waals surface area contributed by atoms with Crippen molar-refractivity contribution < 1.29 is 4.79 Å². The number of hydrogen-bond donors (Lipinski definition) is 1. The minimum absolute atomic E-state index is 0.131. The van der Waals surface area contributed by atoms with Gasteiger partial charge in [-0.05, 0) is 17.7 Å². The minimum atomic E-state index is -0.140. The van der Waals surface area contributed by atoms with Crippen molar-refractivity contribution in [3.63, 3.8) is 0 Å². The summed E-state index contributed by atoms with van der Waals surface area (Å²) >= 11 is 5.78. The van der Waals surface area contributed by atoms with Gasteiger partial charge in [-0.25, -0.2) is 4.98 Å². The van der Waals surface area contributed by atoms with Crippen LogP contribution in [0.5, 0.6) is 0 Å². The normalized spacial score (nSPS) is 11.2. The topological polar surface area (TPSA) is 42.0 Å². The predicted octanol–water partition coefficient (Wildman–Crippen LogP) is 3.44. The smallest absolute Gasteiger partial charge is 0.251 e. The number of pyridine rings is 1. The Morgan fingerprint density at radius 3 is 2.60 bits per heavy atom. The highest BCUT2D eigenvalue weighted by Crippen LogP contribution is 2.21. The van der Waals surface area contributed by atoms with Crippen LogP contribution in [0.25, 0.3) is 0 Å². The number of aromatic nitrogens is 1. The summed E-state index contributed by atoms with van der Waals surface area (Å²) in [6, 6.07) is 13.3. The molecule has 4 heteroatoms. The Morgan fingerprint density at radius 2 is 1.95 bits per heavy atom. The van der Waals surface area contributed by atoms with E-state index in [2.05, 4.69) is 36.3 Å². The van der Waals surface area contributed by atoms with Crippen LogP contribution >= 0.6 is 11.6 Å². The summed E-state index contributed by atoms with van der Waals surface area (Å²) in [7, 11) is 0. The van der Waals surface area contributed by atoms with Gasteiger partial charge in [0.05, 0.1) is 0 Å². The molecule has 0 unspecified atom stereocenters. The molecule has 1 aromatic heterocycles. The van der Waals surface area contributed by atoms with Crippen molar-refractivity contribution in [3.05, 3.63) is 64.9 Å². The number of nitrogens with one attached hydrogen (secondary N) is 1. The van der Waals surface area contributed by atoms with E-state index < -0.39 is 0 Å². The van der Waals surface area contributed by atoms with Gasteiger partial charge in [0.15, 0.2) is 0 Å². The van der Waals surface area contributed by atoms with E-state index in [1.165, 1.54) is 11.8 Å². The Labute approximate surface area is 124 Å². The van der Waals surface area contributed by atoms with Crippen molar-refractivity contribution in [1.82, 2.24) is 10.3 Å². The molecule has 20 heavy (non-hydrogen) atoms. The lowest BCUT2D eigenvalue weighted by Gasteiger charge is -2.25. The van der Waals surface area contributed by atoms with Crippen LogP contribution in [0.4, 0.5) is 0 Å². The predicted molar refractivity (Wildman–Crippen MR) is 81.0 cm³/mol. The SMILES string of the molecule is CC(C)(CNC(=O)c1ccnc(Cl)c1)c1ccccc1. The zero-order chi connectivity index (χ0) is 14.6. The first-order chi connectivity index (χ1) is 9.49. The van der Waals surface area contributed by atoms with Crippen molar-refractivity contribution in [2.24, 2.45) is 0 Å². The van der Waals surface area contributed by atoms with Crippen LogP contribution in [0.15, 0.2) is 48.7 Å². The molecule has 1 heterocycles. The quantitative estimate of drug-likeness (QED) is 0.876. The fourth-order valence-corrected chi connectivity index (χ4v) is 2.11. The molecule has 0 atom stereocenters. The summed E-state index contributed by atoms with van der Waals surface area (Å²) < 4.78 is 0. The van der Waals surface area contributed by atoms with Gasteiger partial charge in [0.25, 0.3) is 5.91 Å². The lowest BCUT2D eigenvalue weighted by atomic mass is 9.84. The van der Waals surface area contributed by atoms with Crippen LogP contribution < -0.4 is 5.32 Å². The number of carbonyl (C=O) groups is 1.